The highest BCUT2D eigenvalue weighted by molar-refractivity contribution is 6.13. The van der Waals surface area contributed by atoms with E-state index in [9.17, 15) is 67.7 Å². The number of carboxylic acids is 1. The summed E-state index contributed by atoms with van der Waals surface area (Å²) < 4.78 is 17.8. The molecule has 23 heteroatoms. The highest BCUT2D eigenvalue weighted by Crippen LogP contribution is 2.34. The highest BCUT2D eigenvalue weighted by atomic mass is 16.6. The van der Waals surface area contributed by atoms with Crippen molar-refractivity contribution in [1.82, 2.24) is 24.9 Å². The number of Topliss-reactive ketones (excluding diaryl/α,β-unsaturated/α-hetero) is 4. The van der Waals surface area contributed by atoms with E-state index in [1.165, 1.54) is 38.1 Å². The van der Waals surface area contributed by atoms with Crippen molar-refractivity contribution in [2.45, 2.75) is 202 Å². The van der Waals surface area contributed by atoms with E-state index in [-0.39, 0.29) is 110 Å². The molecule has 1 fully saturated rings. The molecule has 0 aromatic heterocycles. The lowest BCUT2D eigenvalue weighted by molar-refractivity contribution is -0.149. The van der Waals surface area contributed by atoms with Crippen molar-refractivity contribution in [2.75, 3.05) is 46.7 Å². The average molecular weight is 1330 g/mol. The van der Waals surface area contributed by atoms with Gasteiger partial charge in [0.2, 0.25) is 23.6 Å². The van der Waals surface area contributed by atoms with Crippen LogP contribution in [0.4, 0.5) is 10.5 Å². The SMILES string of the molecule is CC[C@H](C)[C@@H]([C@@H](CC(=O)N1CCC[C@H]1[C@H](OC)[C@@H](C)C(=O)C[C@H](C)[C@@H](O)c1ccccc1)OC)N(C)C(=O)[C@@H](CC(=O)[C@H](C(C)C)N(C)C(=O)OCc1ccc(NC(=O)[C@H](CCC(=O)O)CC(=O)[C@H](C)NC(=O)[C@H](CC(=O)CCN2C(=O)C=CC2=O)CC(C)C)cc1)C(C)C. The largest absolute Gasteiger partial charge is 0.481 e. The van der Waals surface area contributed by atoms with Gasteiger partial charge in [-0.25, -0.2) is 4.79 Å². The van der Waals surface area contributed by atoms with Gasteiger partial charge in [-0.1, -0.05) is 118 Å². The molecule has 2 aliphatic rings. The maximum atomic E-state index is 14.9. The Morgan fingerprint density at radius 3 is 1.88 bits per heavy atom. The number of methoxy groups -OCH3 is 2. The summed E-state index contributed by atoms with van der Waals surface area (Å²) in [7, 11) is 6.18. The molecule has 4 rings (SSSR count). The van der Waals surface area contributed by atoms with Crippen molar-refractivity contribution in [3.8, 4) is 0 Å². The molecule has 23 nitrogen and oxygen atoms in total. The smallest absolute Gasteiger partial charge is 0.410 e. The number of hydrogen-bond donors (Lipinski definition) is 4. The second-order valence-electron chi connectivity index (χ2n) is 27.2. The third kappa shape index (κ3) is 23.4. The van der Waals surface area contributed by atoms with Gasteiger partial charge in [-0.3, -0.25) is 57.6 Å². The fraction of sp³-hybridized carbons (Fsp3) is 0.639. The number of anilines is 1. The summed E-state index contributed by atoms with van der Waals surface area (Å²) in [5.41, 5.74) is 1.52. The summed E-state index contributed by atoms with van der Waals surface area (Å²) in [6, 6.07) is 12.4. The minimum atomic E-state index is -1.19. The van der Waals surface area contributed by atoms with E-state index in [1.54, 1.807) is 49.9 Å². The zero-order valence-corrected chi connectivity index (χ0v) is 58.5. The number of likely N-dealkylation sites (N-methyl/N-ethyl adjacent to an activating group) is 2. The number of ketones is 4. The Kier molecular flexibility index (Phi) is 32.2. The molecular formula is C72H106N6O17. The third-order valence-corrected chi connectivity index (χ3v) is 18.8. The summed E-state index contributed by atoms with van der Waals surface area (Å²) in [5, 5.41) is 25.9. The van der Waals surface area contributed by atoms with Crippen LogP contribution in [0.25, 0.3) is 0 Å². The number of aliphatic hydroxyl groups is 1. The van der Waals surface area contributed by atoms with Crippen LogP contribution in [0.3, 0.4) is 0 Å². The lowest BCUT2D eigenvalue weighted by atomic mass is 9.83. The van der Waals surface area contributed by atoms with E-state index >= 15 is 0 Å². The number of carbonyl (C=O) groups is 12. The van der Waals surface area contributed by atoms with Crippen molar-refractivity contribution < 1.29 is 82.0 Å². The number of hydrogen-bond acceptors (Lipinski definition) is 16. The predicted octanol–water partition coefficient (Wildman–Crippen LogP) is 8.58. The Balaban J connectivity index is 1.37. The van der Waals surface area contributed by atoms with Crippen molar-refractivity contribution in [3.63, 3.8) is 0 Å². The van der Waals surface area contributed by atoms with Crippen molar-refractivity contribution >= 4 is 76.3 Å². The van der Waals surface area contributed by atoms with Crippen LogP contribution in [-0.4, -0.2) is 178 Å². The first-order valence-electron chi connectivity index (χ1n) is 33.6. The number of imide groups is 1. The number of nitrogens with one attached hydrogen (secondary N) is 2. The van der Waals surface area contributed by atoms with Crippen molar-refractivity contribution in [2.24, 2.45) is 53.3 Å². The van der Waals surface area contributed by atoms with Crippen LogP contribution in [-0.2, 0) is 73.6 Å². The number of likely N-dealkylation sites (tertiary alicyclic amines) is 1. The van der Waals surface area contributed by atoms with Crippen LogP contribution in [0.2, 0.25) is 0 Å². The molecule has 2 aliphatic heterocycles. The van der Waals surface area contributed by atoms with Gasteiger partial charge < -0.3 is 49.8 Å². The Morgan fingerprint density at radius 1 is 0.695 bits per heavy atom. The molecular weight excluding hydrogens is 1220 g/mol. The van der Waals surface area contributed by atoms with Crippen LogP contribution in [0.1, 0.15) is 170 Å². The van der Waals surface area contributed by atoms with Gasteiger partial charge in [-0.15, -0.1) is 0 Å². The van der Waals surface area contributed by atoms with E-state index in [4.69, 9.17) is 14.2 Å². The first kappa shape index (κ1) is 79.9. The predicted molar refractivity (Wildman–Crippen MR) is 357 cm³/mol. The van der Waals surface area contributed by atoms with Crippen LogP contribution in [0.15, 0.2) is 66.7 Å². The maximum Gasteiger partial charge on any atom is 0.410 e. The average Bonchev–Trinajstić information content (AvgIpc) is 1.80. The molecule has 0 unspecified atom stereocenters. The quantitative estimate of drug-likeness (QED) is 0.0453. The van der Waals surface area contributed by atoms with Gasteiger partial charge >= 0.3 is 12.1 Å². The van der Waals surface area contributed by atoms with Crippen molar-refractivity contribution in [3.05, 3.63) is 77.9 Å². The summed E-state index contributed by atoms with van der Waals surface area (Å²) >= 11 is 0. The lowest BCUT2D eigenvalue weighted by Gasteiger charge is -2.41. The zero-order valence-electron chi connectivity index (χ0n) is 58.5. The minimum absolute atomic E-state index is 0.0123. The number of nitrogens with zero attached hydrogens (tertiary/aromatic N) is 4. The second kappa shape index (κ2) is 38.3. The third-order valence-electron chi connectivity index (χ3n) is 18.8. The Labute approximate surface area is 561 Å². The van der Waals surface area contributed by atoms with E-state index in [2.05, 4.69) is 10.6 Å². The highest BCUT2D eigenvalue weighted by Gasteiger charge is 2.44. The molecule has 7 amide bonds. The minimum Gasteiger partial charge on any atom is -0.481 e. The van der Waals surface area contributed by atoms with E-state index in [1.807, 2.05) is 85.7 Å². The molecule has 0 radical (unpaired) electrons. The van der Waals surface area contributed by atoms with Crippen molar-refractivity contribution in [1.29, 1.82) is 0 Å². The molecule has 526 valence electrons. The van der Waals surface area contributed by atoms with Crippen LogP contribution >= 0.6 is 0 Å². The molecule has 2 heterocycles. The van der Waals surface area contributed by atoms with Gasteiger partial charge in [0.1, 0.15) is 18.2 Å². The standard InChI is InChI=1S/C72H106N6O17/c1-16-45(8)66(60(93-14)40-63(85)77-33-20-23-56(77)68(94-15)47(10)57(80)36-46(9)67(88)50-21-18-17-19-22-50)75(12)71(91)55(43(4)5)39-59(82)65(44(6)7)76(13)72(92)95-41-49-24-27-53(28-25-49)74-69(89)51(26-31-64(86)87)38-58(81)48(11)73-70(90)52(35-42(2)3)37-54(79)32-34-78-61(83)29-30-62(78)84/h17-19,21-22,24-25,27-30,42-48,51-52,55-56,60,65-68,88H,16,20,23,26,31-41H2,1-15H3,(H,73,90)(H,74,89)(H,86,87)/t45-,46-,47-,48-,51+,52-,55-,56-,60+,65-,66-,67+,68+/m0/s1. The van der Waals surface area contributed by atoms with Crippen LogP contribution < -0.4 is 10.6 Å². The van der Waals surface area contributed by atoms with Crippen LogP contribution in [0, 0.1) is 53.3 Å². The van der Waals surface area contributed by atoms with E-state index in [0.29, 0.717) is 37.8 Å². The monoisotopic (exact) mass is 1330 g/mol. The second-order valence-corrected chi connectivity index (χ2v) is 27.2. The molecule has 1 saturated heterocycles. The Hall–Kier alpha value is -7.50. The summed E-state index contributed by atoms with van der Waals surface area (Å²) in [4.78, 5) is 166. The van der Waals surface area contributed by atoms with Crippen LogP contribution in [0.5, 0.6) is 0 Å². The van der Waals surface area contributed by atoms with Gasteiger partial charge in [0, 0.05) is 121 Å². The number of rotatable bonds is 41. The summed E-state index contributed by atoms with van der Waals surface area (Å²) in [6.07, 6.45) is -0.0352. The number of ether oxygens (including phenoxy) is 3. The first-order chi connectivity index (χ1) is 44.8. The number of carboxylic acid groups (broad SMARTS) is 1. The molecule has 2 aromatic rings. The summed E-state index contributed by atoms with van der Waals surface area (Å²) in [5.74, 6) is -9.89. The Bertz CT molecular complexity index is 2970. The van der Waals surface area contributed by atoms with E-state index in [0.717, 1.165) is 22.6 Å². The number of amides is 7. The van der Waals surface area contributed by atoms with Gasteiger partial charge in [0.25, 0.3) is 11.8 Å². The zero-order chi connectivity index (χ0) is 71.1. The fourth-order valence-electron chi connectivity index (χ4n) is 13.0. The van der Waals surface area contributed by atoms with Gasteiger partial charge in [0.15, 0.2) is 11.6 Å². The van der Waals surface area contributed by atoms with Gasteiger partial charge in [-0.05, 0) is 85.5 Å². The lowest BCUT2D eigenvalue weighted by Crippen LogP contribution is -2.54. The number of benzene rings is 2. The number of aliphatic carboxylic acids is 1. The normalized spacial score (nSPS) is 17.8. The van der Waals surface area contributed by atoms with Gasteiger partial charge in [-0.2, -0.15) is 0 Å². The molecule has 13 atom stereocenters. The summed E-state index contributed by atoms with van der Waals surface area (Å²) in [6.45, 7) is 20.2. The number of aliphatic hydroxyl groups excluding tert-OH is 1. The first-order valence-corrected chi connectivity index (χ1v) is 33.6. The maximum absolute atomic E-state index is 14.9. The number of carbonyl (C=O) groups excluding carboxylic acids is 11. The fourth-order valence-corrected chi connectivity index (χ4v) is 13.0. The molecule has 2 aromatic carbocycles. The molecule has 0 aliphatic carbocycles. The molecule has 0 saturated carbocycles. The Morgan fingerprint density at radius 2 is 1.33 bits per heavy atom. The van der Waals surface area contributed by atoms with E-state index < -0.39 is 126 Å². The van der Waals surface area contributed by atoms with Gasteiger partial charge in [0.05, 0.1) is 48.9 Å². The molecule has 95 heavy (non-hydrogen) atoms. The molecule has 0 bridgehead atoms. The topological polar surface area (TPSA) is 310 Å². The molecule has 4 N–H and O–H groups in total. The molecule has 0 spiro atoms.